The van der Waals surface area contributed by atoms with Crippen LogP contribution in [0.3, 0.4) is 0 Å². The first kappa shape index (κ1) is 17.2. The maximum Gasteiger partial charge on any atom is 0.323 e. The zero-order chi connectivity index (χ0) is 17.1. The summed E-state index contributed by atoms with van der Waals surface area (Å²) in [6.07, 6.45) is 5.85. The Hall–Kier alpha value is -1.63. The Morgan fingerprint density at radius 2 is 1.83 bits per heavy atom. The van der Waals surface area contributed by atoms with Gasteiger partial charge in [0, 0.05) is 38.3 Å². The van der Waals surface area contributed by atoms with Gasteiger partial charge in [-0.2, -0.15) is 0 Å². The molecule has 0 bridgehead atoms. The van der Waals surface area contributed by atoms with E-state index in [1.54, 1.807) is 0 Å². The molecule has 3 aliphatic rings. The molecule has 0 radical (unpaired) electrons. The van der Waals surface area contributed by atoms with Gasteiger partial charge in [0.05, 0.1) is 5.92 Å². The van der Waals surface area contributed by atoms with Gasteiger partial charge in [0.25, 0.3) is 0 Å². The normalized spacial score (nSPS) is 26.1. The molecule has 3 fully saturated rings. The molecule has 2 aliphatic heterocycles. The van der Waals surface area contributed by atoms with E-state index in [0.717, 1.165) is 25.7 Å². The van der Waals surface area contributed by atoms with Crippen LogP contribution in [0.4, 0.5) is 0 Å². The summed E-state index contributed by atoms with van der Waals surface area (Å²) in [5.41, 5.74) is 0. The van der Waals surface area contributed by atoms with Crippen molar-refractivity contribution in [3.8, 4) is 0 Å². The molecule has 1 N–H and O–H groups in total. The van der Waals surface area contributed by atoms with E-state index in [1.807, 2.05) is 4.90 Å². The lowest BCUT2D eigenvalue weighted by Gasteiger charge is -2.34. The number of carbonyl (C=O) groups is 3. The van der Waals surface area contributed by atoms with Crippen molar-refractivity contribution in [2.75, 3.05) is 26.3 Å². The summed E-state index contributed by atoms with van der Waals surface area (Å²) >= 11 is 0. The minimum Gasteiger partial charge on any atom is -0.480 e. The fourth-order valence-corrected chi connectivity index (χ4v) is 4.23. The molecular formula is C17H26N2O5. The Morgan fingerprint density at radius 3 is 2.46 bits per heavy atom. The topological polar surface area (TPSA) is 87.2 Å². The third-order valence-electron chi connectivity index (χ3n) is 5.49. The Balaban J connectivity index is 1.67. The molecular weight excluding hydrogens is 312 g/mol. The Bertz CT molecular complexity index is 497. The number of hydrogen-bond acceptors (Lipinski definition) is 4. The summed E-state index contributed by atoms with van der Waals surface area (Å²) in [5.74, 6) is -1.55. The van der Waals surface area contributed by atoms with Crippen LogP contribution in [0.2, 0.25) is 0 Å². The average molecular weight is 338 g/mol. The van der Waals surface area contributed by atoms with E-state index in [0.29, 0.717) is 32.6 Å². The van der Waals surface area contributed by atoms with Crippen LogP contribution in [0.1, 0.15) is 44.9 Å². The fraction of sp³-hybridized carbons (Fsp3) is 0.824. The largest absolute Gasteiger partial charge is 0.480 e. The average Bonchev–Trinajstić information content (AvgIpc) is 3.22. The summed E-state index contributed by atoms with van der Waals surface area (Å²) in [5, 5.41) is 9.18. The number of ether oxygens (including phenoxy) is 1. The number of aliphatic carboxylic acids is 1. The molecule has 2 amide bonds. The maximum absolute atomic E-state index is 12.9. The van der Waals surface area contributed by atoms with Crippen molar-refractivity contribution in [2.24, 2.45) is 5.92 Å². The highest BCUT2D eigenvalue weighted by Gasteiger charge is 2.41. The van der Waals surface area contributed by atoms with Gasteiger partial charge in [-0.15, -0.1) is 0 Å². The molecule has 0 aromatic rings. The first-order valence-corrected chi connectivity index (χ1v) is 8.95. The van der Waals surface area contributed by atoms with Crippen molar-refractivity contribution >= 4 is 17.8 Å². The molecule has 0 spiro atoms. The third kappa shape index (κ3) is 3.71. The predicted molar refractivity (Wildman–Crippen MR) is 85.3 cm³/mol. The van der Waals surface area contributed by atoms with Crippen LogP contribution in [0.25, 0.3) is 0 Å². The van der Waals surface area contributed by atoms with Gasteiger partial charge in [0.1, 0.15) is 6.54 Å². The van der Waals surface area contributed by atoms with Crippen molar-refractivity contribution in [1.29, 1.82) is 0 Å². The second-order valence-electron chi connectivity index (χ2n) is 7.09. The highest BCUT2D eigenvalue weighted by Crippen LogP contribution is 2.31. The van der Waals surface area contributed by atoms with Crippen LogP contribution in [-0.4, -0.2) is 71.1 Å². The number of nitrogens with zero attached hydrogens (tertiary/aromatic N) is 2. The number of carboxylic acid groups (broad SMARTS) is 1. The van der Waals surface area contributed by atoms with Crippen molar-refractivity contribution in [3.05, 3.63) is 0 Å². The van der Waals surface area contributed by atoms with E-state index < -0.39 is 11.9 Å². The summed E-state index contributed by atoms with van der Waals surface area (Å²) < 4.78 is 5.31. The molecule has 2 heterocycles. The number of carbonyl (C=O) groups excluding carboxylic acids is 2. The summed E-state index contributed by atoms with van der Waals surface area (Å²) in [7, 11) is 0. The van der Waals surface area contributed by atoms with Gasteiger partial charge in [-0.05, 0) is 25.7 Å². The van der Waals surface area contributed by atoms with Crippen LogP contribution in [-0.2, 0) is 19.1 Å². The van der Waals surface area contributed by atoms with E-state index in [2.05, 4.69) is 0 Å². The second-order valence-corrected chi connectivity index (χ2v) is 7.09. The van der Waals surface area contributed by atoms with Crippen molar-refractivity contribution in [1.82, 2.24) is 9.80 Å². The maximum atomic E-state index is 12.9. The van der Waals surface area contributed by atoms with E-state index in [-0.39, 0.29) is 36.9 Å². The summed E-state index contributed by atoms with van der Waals surface area (Å²) in [6.45, 7) is 1.25. The Labute approximate surface area is 141 Å². The molecule has 7 heteroatoms. The highest BCUT2D eigenvalue weighted by molar-refractivity contribution is 5.91. The molecule has 0 aromatic carbocycles. The minimum absolute atomic E-state index is 0.0440. The number of amides is 2. The van der Waals surface area contributed by atoms with Crippen LogP contribution in [0, 0.1) is 5.92 Å². The first-order chi connectivity index (χ1) is 11.6. The summed E-state index contributed by atoms with van der Waals surface area (Å²) in [6, 6.07) is 0.171. The van der Waals surface area contributed by atoms with Crippen molar-refractivity contribution < 1.29 is 24.2 Å². The summed E-state index contributed by atoms with van der Waals surface area (Å²) in [4.78, 5) is 39.8. The third-order valence-corrected chi connectivity index (χ3v) is 5.49. The van der Waals surface area contributed by atoms with Crippen LogP contribution < -0.4 is 0 Å². The number of likely N-dealkylation sites (tertiary alicyclic amines) is 1. The lowest BCUT2D eigenvalue weighted by molar-refractivity contribution is -0.149. The smallest absolute Gasteiger partial charge is 0.323 e. The van der Waals surface area contributed by atoms with Gasteiger partial charge >= 0.3 is 5.97 Å². The molecule has 24 heavy (non-hydrogen) atoms. The fourth-order valence-electron chi connectivity index (χ4n) is 4.23. The zero-order valence-corrected chi connectivity index (χ0v) is 14.0. The van der Waals surface area contributed by atoms with Crippen molar-refractivity contribution in [2.45, 2.75) is 57.0 Å². The van der Waals surface area contributed by atoms with E-state index in [1.165, 1.54) is 4.90 Å². The molecule has 1 atom stereocenters. The lowest BCUT2D eigenvalue weighted by atomic mass is 10.0. The zero-order valence-electron chi connectivity index (χ0n) is 14.0. The van der Waals surface area contributed by atoms with Crippen molar-refractivity contribution in [3.63, 3.8) is 0 Å². The molecule has 2 saturated heterocycles. The Morgan fingerprint density at radius 1 is 1.17 bits per heavy atom. The predicted octanol–water partition coefficient (Wildman–Crippen LogP) is 0.870. The molecule has 0 aromatic heterocycles. The van der Waals surface area contributed by atoms with Gasteiger partial charge in [-0.3, -0.25) is 14.4 Å². The molecule has 1 saturated carbocycles. The number of hydrogen-bond donors (Lipinski definition) is 1. The molecule has 7 nitrogen and oxygen atoms in total. The van der Waals surface area contributed by atoms with E-state index in [9.17, 15) is 19.5 Å². The SMILES string of the molecule is O=C(O)CN(C(=O)[C@@H]1CC(=O)N(C2CCCC2)C1)C1CCOCC1. The van der Waals surface area contributed by atoms with Gasteiger partial charge in [0.15, 0.2) is 0 Å². The van der Waals surface area contributed by atoms with Crippen LogP contribution in [0.5, 0.6) is 0 Å². The van der Waals surface area contributed by atoms with Crippen LogP contribution in [0.15, 0.2) is 0 Å². The van der Waals surface area contributed by atoms with Crippen LogP contribution >= 0.6 is 0 Å². The van der Waals surface area contributed by atoms with Gasteiger partial charge in [0.2, 0.25) is 11.8 Å². The number of carboxylic acids is 1. The minimum atomic E-state index is -1.01. The lowest BCUT2D eigenvalue weighted by Crippen LogP contribution is -2.49. The monoisotopic (exact) mass is 338 g/mol. The molecule has 134 valence electrons. The van der Waals surface area contributed by atoms with E-state index >= 15 is 0 Å². The molecule has 1 aliphatic carbocycles. The van der Waals surface area contributed by atoms with Gasteiger partial charge in [-0.25, -0.2) is 0 Å². The Kier molecular flexibility index (Phi) is 5.38. The number of rotatable bonds is 5. The molecule has 3 rings (SSSR count). The first-order valence-electron chi connectivity index (χ1n) is 8.95. The van der Waals surface area contributed by atoms with E-state index in [4.69, 9.17) is 4.74 Å². The molecule has 0 unspecified atom stereocenters. The second kappa shape index (κ2) is 7.51. The standard InChI is InChI=1S/C17H26N2O5/c20-15-9-12(10-18(15)13-3-1-2-4-13)17(23)19(11-16(21)22)14-5-7-24-8-6-14/h12-14H,1-11H2,(H,21,22)/t12-/m1/s1. The quantitative estimate of drug-likeness (QED) is 0.804. The highest BCUT2D eigenvalue weighted by atomic mass is 16.5. The van der Waals surface area contributed by atoms with Gasteiger partial charge < -0.3 is 19.6 Å². The van der Waals surface area contributed by atoms with Gasteiger partial charge in [-0.1, -0.05) is 12.8 Å².